The summed E-state index contributed by atoms with van der Waals surface area (Å²) in [4.78, 5) is 29.3. The van der Waals surface area contributed by atoms with Crippen molar-refractivity contribution in [2.24, 2.45) is 0 Å². The van der Waals surface area contributed by atoms with Gasteiger partial charge in [-0.2, -0.15) is 0 Å². The summed E-state index contributed by atoms with van der Waals surface area (Å²) in [7, 11) is 2.06. The van der Waals surface area contributed by atoms with Crippen LogP contribution in [0.4, 0.5) is 0 Å². The minimum absolute atomic E-state index is 0.126. The largest absolute Gasteiger partial charge is 0.478 e. The van der Waals surface area contributed by atoms with Gasteiger partial charge in [-0.15, -0.1) is 0 Å². The topological polar surface area (TPSA) is 82.5 Å². The number of nitrogens with zero attached hydrogens (tertiary/aromatic N) is 2. The second-order valence-electron chi connectivity index (χ2n) is 5.19. The van der Waals surface area contributed by atoms with E-state index in [1.807, 2.05) is 0 Å². The lowest BCUT2D eigenvalue weighted by molar-refractivity contribution is 0.0694. The van der Waals surface area contributed by atoms with E-state index in [-0.39, 0.29) is 23.2 Å². The van der Waals surface area contributed by atoms with Crippen molar-refractivity contribution in [3.63, 3.8) is 0 Å². The summed E-state index contributed by atoms with van der Waals surface area (Å²) < 4.78 is 0. The van der Waals surface area contributed by atoms with Gasteiger partial charge in [0.1, 0.15) is 5.69 Å². The van der Waals surface area contributed by atoms with Gasteiger partial charge >= 0.3 is 5.97 Å². The van der Waals surface area contributed by atoms with Crippen LogP contribution in [0.5, 0.6) is 0 Å². The molecule has 1 aliphatic rings. The van der Waals surface area contributed by atoms with Crippen LogP contribution in [0, 0.1) is 6.92 Å². The highest BCUT2D eigenvalue weighted by atomic mass is 16.4. The maximum atomic E-state index is 12.1. The number of amides is 1. The Hall–Kier alpha value is -1.95. The molecule has 20 heavy (non-hydrogen) atoms. The standard InChI is InChI=1S/C14H19N3O3/c1-9-11(14(19)20)3-4-12(15-9)13(18)16-10-5-7-17(2)8-6-10/h3-4,10H,5-8H2,1-2H3,(H,16,18)(H,19,20). The van der Waals surface area contributed by atoms with E-state index in [4.69, 9.17) is 5.11 Å². The van der Waals surface area contributed by atoms with Crippen LogP contribution in [0.15, 0.2) is 12.1 Å². The Bertz CT molecular complexity index is 522. The lowest BCUT2D eigenvalue weighted by atomic mass is 10.1. The number of likely N-dealkylation sites (tertiary alicyclic amines) is 1. The molecule has 0 saturated carbocycles. The maximum Gasteiger partial charge on any atom is 0.337 e. The summed E-state index contributed by atoms with van der Waals surface area (Å²) in [6, 6.07) is 3.05. The number of hydrogen-bond acceptors (Lipinski definition) is 4. The van der Waals surface area contributed by atoms with Crippen molar-refractivity contribution in [2.45, 2.75) is 25.8 Å². The zero-order chi connectivity index (χ0) is 14.7. The normalized spacial score (nSPS) is 16.9. The zero-order valence-corrected chi connectivity index (χ0v) is 11.7. The molecule has 1 amide bonds. The molecule has 1 fully saturated rings. The minimum Gasteiger partial charge on any atom is -0.478 e. The Morgan fingerprint density at radius 3 is 2.55 bits per heavy atom. The summed E-state index contributed by atoms with van der Waals surface area (Å²) in [5, 5.41) is 11.9. The summed E-state index contributed by atoms with van der Waals surface area (Å²) in [5.41, 5.74) is 0.751. The van der Waals surface area contributed by atoms with Gasteiger partial charge in [0.15, 0.2) is 0 Å². The third kappa shape index (κ3) is 3.33. The third-order valence-electron chi connectivity index (χ3n) is 3.60. The minimum atomic E-state index is -1.03. The predicted molar refractivity (Wildman–Crippen MR) is 73.9 cm³/mol. The first-order valence-electron chi connectivity index (χ1n) is 6.67. The van der Waals surface area contributed by atoms with E-state index in [9.17, 15) is 9.59 Å². The molecule has 108 valence electrons. The number of aromatic carboxylic acids is 1. The van der Waals surface area contributed by atoms with Gasteiger partial charge in [0, 0.05) is 6.04 Å². The molecule has 1 saturated heterocycles. The van der Waals surface area contributed by atoms with Crippen LogP contribution in [-0.4, -0.2) is 53.0 Å². The quantitative estimate of drug-likeness (QED) is 0.858. The van der Waals surface area contributed by atoms with Gasteiger partial charge in [0.05, 0.1) is 11.3 Å². The maximum absolute atomic E-state index is 12.1. The molecule has 2 rings (SSSR count). The van der Waals surface area contributed by atoms with Crippen LogP contribution in [0.1, 0.15) is 39.4 Å². The highest BCUT2D eigenvalue weighted by Crippen LogP contribution is 2.11. The molecule has 6 heteroatoms. The molecule has 0 unspecified atom stereocenters. The van der Waals surface area contributed by atoms with Crippen LogP contribution in [0.3, 0.4) is 0 Å². The molecular formula is C14H19N3O3. The summed E-state index contributed by atoms with van der Waals surface area (Å²) in [6.07, 6.45) is 1.85. The average Bonchev–Trinajstić information content (AvgIpc) is 2.40. The Balaban J connectivity index is 2.02. The fourth-order valence-corrected chi connectivity index (χ4v) is 2.33. The number of carbonyl (C=O) groups excluding carboxylic acids is 1. The van der Waals surface area contributed by atoms with Crippen molar-refractivity contribution in [3.8, 4) is 0 Å². The van der Waals surface area contributed by atoms with Crippen molar-refractivity contribution in [1.29, 1.82) is 0 Å². The fourth-order valence-electron chi connectivity index (χ4n) is 2.33. The molecule has 1 aliphatic heterocycles. The van der Waals surface area contributed by atoms with Crippen LogP contribution in [-0.2, 0) is 0 Å². The van der Waals surface area contributed by atoms with E-state index in [2.05, 4.69) is 22.2 Å². The Labute approximate surface area is 117 Å². The molecule has 6 nitrogen and oxygen atoms in total. The average molecular weight is 277 g/mol. The number of aryl methyl sites for hydroxylation is 1. The summed E-state index contributed by atoms with van der Waals surface area (Å²) in [6.45, 7) is 3.53. The van der Waals surface area contributed by atoms with E-state index < -0.39 is 5.97 Å². The summed E-state index contributed by atoms with van der Waals surface area (Å²) >= 11 is 0. The number of aromatic nitrogens is 1. The van der Waals surface area contributed by atoms with Crippen LogP contribution in [0.25, 0.3) is 0 Å². The number of piperidine rings is 1. The second kappa shape index (κ2) is 6.00. The van der Waals surface area contributed by atoms with Gasteiger partial charge in [-0.1, -0.05) is 0 Å². The lowest BCUT2D eigenvalue weighted by Crippen LogP contribution is -2.43. The van der Waals surface area contributed by atoms with Crippen LogP contribution >= 0.6 is 0 Å². The molecule has 1 aromatic heterocycles. The second-order valence-corrected chi connectivity index (χ2v) is 5.19. The van der Waals surface area contributed by atoms with E-state index in [0.717, 1.165) is 25.9 Å². The Morgan fingerprint density at radius 2 is 2.00 bits per heavy atom. The van der Waals surface area contributed by atoms with Crippen molar-refractivity contribution in [1.82, 2.24) is 15.2 Å². The summed E-state index contributed by atoms with van der Waals surface area (Å²) in [5.74, 6) is -1.27. The molecule has 0 bridgehead atoms. The van der Waals surface area contributed by atoms with E-state index in [1.54, 1.807) is 6.92 Å². The van der Waals surface area contributed by atoms with Crippen LogP contribution in [0.2, 0.25) is 0 Å². The Morgan fingerprint density at radius 1 is 1.35 bits per heavy atom. The van der Waals surface area contributed by atoms with Crippen molar-refractivity contribution in [3.05, 3.63) is 29.1 Å². The van der Waals surface area contributed by atoms with Crippen molar-refractivity contribution in [2.75, 3.05) is 20.1 Å². The molecule has 0 atom stereocenters. The highest BCUT2D eigenvalue weighted by molar-refractivity contribution is 5.94. The molecule has 1 aromatic rings. The SMILES string of the molecule is Cc1nc(C(=O)NC2CCN(C)CC2)ccc1C(=O)O. The van der Waals surface area contributed by atoms with E-state index >= 15 is 0 Å². The Kier molecular flexibility index (Phi) is 4.34. The van der Waals surface area contributed by atoms with Gasteiger partial charge in [0.2, 0.25) is 0 Å². The van der Waals surface area contributed by atoms with Gasteiger partial charge in [-0.05, 0) is 52.0 Å². The monoisotopic (exact) mass is 277 g/mol. The number of nitrogens with one attached hydrogen (secondary N) is 1. The number of carboxylic acid groups (broad SMARTS) is 1. The molecule has 0 radical (unpaired) electrons. The molecular weight excluding hydrogens is 258 g/mol. The molecule has 0 spiro atoms. The predicted octanol–water partition coefficient (Wildman–Crippen LogP) is 0.912. The number of hydrogen-bond donors (Lipinski definition) is 2. The smallest absolute Gasteiger partial charge is 0.337 e. The third-order valence-corrected chi connectivity index (χ3v) is 3.60. The van der Waals surface area contributed by atoms with Gasteiger partial charge < -0.3 is 15.3 Å². The van der Waals surface area contributed by atoms with Gasteiger partial charge in [-0.3, -0.25) is 4.79 Å². The van der Waals surface area contributed by atoms with Gasteiger partial charge in [0.25, 0.3) is 5.91 Å². The molecule has 2 N–H and O–H groups in total. The van der Waals surface area contributed by atoms with E-state index in [1.165, 1.54) is 12.1 Å². The molecule has 0 aromatic carbocycles. The molecule has 2 heterocycles. The van der Waals surface area contributed by atoms with Gasteiger partial charge in [-0.25, -0.2) is 9.78 Å². The first-order valence-corrected chi connectivity index (χ1v) is 6.67. The number of pyridine rings is 1. The van der Waals surface area contributed by atoms with Crippen LogP contribution < -0.4 is 5.32 Å². The number of carbonyl (C=O) groups is 2. The number of carboxylic acids is 1. The molecule has 0 aliphatic carbocycles. The highest BCUT2D eigenvalue weighted by Gasteiger charge is 2.20. The lowest BCUT2D eigenvalue weighted by Gasteiger charge is -2.29. The number of rotatable bonds is 3. The first-order chi connectivity index (χ1) is 9.47. The zero-order valence-electron chi connectivity index (χ0n) is 11.7. The van der Waals surface area contributed by atoms with Crippen molar-refractivity contribution < 1.29 is 14.7 Å². The first kappa shape index (κ1) is 14.5. The van der Waals surface area contributed by atoms with E-state index in [0.29, 0.717) is 5.69 Å². The van der Waals surface area contributed by atoms with Crippen molar-refractivity contribution >= 4 is 11.9 Å². The fraction of sp³-hybridized carbons (Fsp3) is 0.500.